The molecule has 4 nitrogen and oxygen atoms in total. The lowest BCUT2D eigenvalue weighted by Gasteiger charge is -2.17. The molecule has 0 saturated heterocycles. The lowest BCUT2D eigenvalue weighted by Crippen LogP contribution is -2.25. The Balaban J connectivity index is 2.87. The van der Waals surface area contributed by atoms with Gasteiger partial charge in [-0.3, -0.25) is 4.79 Å². The average molecular weight is 315 g/mol. The van der Waals surface area contributed by atoms with Crippen LogP contribution >= 0.6 is 15.9 Å². The number of carbonyl (C=O) groups excluding carboxylic acids is 2. The summed E-state index contributed by atoms with van der Waals surface area (Å²) in [6.07, 6.45) is -0.433. The quantitative estimate of drug-likeness (QED) is 0.619. The third-order valence-corrected chi connectivity index (χ3v) is 3.39. The monoisotopic (exact) mass is 314 g/mol. The van der Waals surface area contributed by atoms with Crippen LogP contribution < -0.4 is 0 Å². The fourth-order valence-electron chi connectivity index (χ4n) is 1.34. The van der Waals surface area contributed by atoms with Gasteiger partial charge >= 0.3 is 11.9 Å². The Kier molecular flexibility index (Phi) is 5.85. The minimum atomic E-state index is -1.02. The van der Waals surface area contributed by atoms with Gasteiger partial charge in [-0.2, -0.15) is 0 Å². The lowest BCUT2D eigenvalue weighted by molar-refractivity contribution is -0.166. The highest BCUT2D eigenvalue weighted by atomic mass is 79.9. The number of hydrogen-bond acceptors (Lipinski definition) is 4. The van der Waals surface area contributed by atoms with Gasteiger partial charge in [0.2, 0.25) is 6.10 Å². The third kappa shape index (κ3) is 3.84. The number of rotatable bonds is 5. The number of ether oxygens (including phenoxy) is 2. The molecule has 0 saturated carbocycles. The molecule has 0 aromatic heterocycles. The molecule has 0 fully saturated rings. The Morgan fingerprint density at radius 3 is 2.33 bits per heavy atom. The van der Waals surface area contributed by atoms with E-state index in [4.69, 9.17) is 4.74 Å². The molecule has 0 aliphatic rings. The summed E-state index contributed by atoms with van der Waals surface area (Å²) in [4.78, 5) is 22.9. The fourth-order valence-corrected chi connectivity index (χ4v) is 1.45. The van der Waals surface area contributed by atoms with Gasteiger partial charge in [-0.15, -0.1) is 0 Å². The number of carbonyl (C=O) groups is 2. The zero-order valence-corrected chi connectivity index (χ0v) is 11.8. The van der Waals surface area contributed by atoms with Crippen molar-refractivity contribution in [2.75, 3.05) is 7.11 Å². The SMILES string of the molecule is CCC(Br)C(=O)OC(C(=O)OC)c1ccccc1. The maximum Gasteiger partial charge on any atom is 0.351 e. The van der Waals surface area contributed by atoms with Crippen LogP contribution in [0.25, 0.3) is 0 Å². The van der Waals surface area contributed by atoms with Crippen LogP contribution in [0.2, 0.25) is 0 Å². The Morgan fingerprint density at radius 2 is 1.83 bits per heavy atom. The van der Waals surface area contributed by atoms with Crippen LogP contribution in [0.4, 0.5) is 0 Å². The molecule has 5 heteroatoms. The minimum Gasteiger partial charge on any atom is -0.466 e. The van der Waals surface area contributed by atoms with E-state index < -0.39 is 22.9 Å². The molecule has 0 aliphatic carbocycles. The molecular formula is C13H15BrO4. The van der Waals surface area contributed by atoms with Crippen LogP contribution in [0.15, 0.2) is 30.3 Å². The van der Waals surface area contributed by atoms with Crippen LogP contribution in [0, 0.1) is 0 Å². The smallest absolute Gasteiger partial charge is 0.351 e. The van der Waals surface area contributed by atoms with Crippen LogP contribution in [0.1, 0.15) is 25.0 Å². The van der Waals surface area contributed by atoms with E-state index in [2.05, 4.69) is 20.7 Å². The number of esters is 2. The molecule has 1 aromatic rings. The standard InChI is InChI=1S/C13H15BrO4/c1-3-10(14)12(15)18-11(13(16)17-2)9-7-5-4-6-8-9/h4-8,10-11H,3H2,1-2H3. The minimum absolute atomic E-state index is 0.423. The van der Waals surface area contributed by atoms with Crippen LogP contribution in [-0.2, 0) is 19.1 Å². The number of methoxy groups -OCH3 is 1. The second-order valence-electron chi connectivity index (χ2n) is 3.63. The van der Waals surface area contributed by atoms with Crippen molar-refractivity contribution >= 4 is 27.9 Å². The summed E-state index contributed by atoms with van der Waals surface area (Å²) < 4.78 is 9.83. The van der Waals surface area contributed by atoms with Crippen molar-refractivity contribution in [2.24, 2.45) is 0 Å². The van der Waals surface area contributed by atoms with E-state index in [9.17, 15) is 9.59 Å². The van der Waals surface area contributed by atoms with E-state index >= 15 is 0 Å². The highest BCUT2D eigenvalue weighted by Crippen LogP contribution is 2.21. The van der Waals surface area contributed by atoms with Gasteiger partial charge in [0.05, 0.1) is 7.11 Å². The predicted molar refractivity (Wildman–Crippen MR) is 70.3 cm³/mol. The van der Waals surface area contributed by atoms with Gasteiger partial charge < -0.3 is 9.47 Å². The topological polar surface area (TPSA) is 52.6 Å². The predicted octanol–water partition coefficient (Wildman–Crippen LogP) is 2.62. The summed E-state index contributed by atoms with van der Waals surface area (Å²) in [5.74, 6) is -1.07. The van der Waals surface area contributed by atoms with E-state index in [1.165, 1.54) is 7.11 Å². The van der Waals surface area contributed by atoms with Crippen molar-refractivity contribution < 1.29 is 19.1 Å². The Hall–Kier alpha value is -1.36. The van der Waals surface area contributed by atoms with E-state index in [1.54, 1.807) is 24.3 Å². The second-order valence-corrected chi connectivity index (χ2v) is 4.73. The summed E-state index contributed by atoms with van der Waals surface area (Å²) in [7, 11) is 1.26. The summed E-state index contributed by atoms with van der Waals surface area (Å²) in [5, 5.41) is 0. The molecule has 0 N–H and O–H groups in total. The summed E-state index contributed by atoms with van der Waals surface area (Å²) in [6, 6.07) is 8.78. The lowest BCUT2D eigenvalue weighted by atomic mass is 10.1. The highest BCUT2D eigenvalue weighted by molar-refractivity contribution is 9.10. The molecule has 0 aliphatic heterocycles. The molecule has 2 atom stereocenters. The summed E-state index contributed by atoms with van der Waals surface area (Å²) in [5.41, 5.74) is 0.591. The Labute approximate surface area is 114 Å². The molecule has 1 rings (SSSR count). The first kappa shape index (κ1) is 14.7. The van der Waals surface area contributed by atoms with Crippen molar-refractivity contribution in [3.63, 3.8) is 0 Å². The maximum atomic E-state index is 11.7. The molecule has 0 bridgehead atoms. The van der Waals surface area contributed by atoms with Gasteiger partial charge in [-0.1, -0.05) is 53.2 Å². The molecule has 1 aromatic carbocycles. The first-order chi connectivity index (χ1) is 8.60. The number of hydrogen-bond donors (Lipinski definition) is 0. The van der Waals surface area contributed by atoms with Crippen LogP contribution in [0.3, 0.4) is 0 Å². The van der Waals surface area contributed by atoms with Gasteiger partial charge in [0.25, 0.3) is 0 Å². The molecule has 2 unspecified atom stereocenters. The van der Waals surface area contributed by atoms with Gasteiger partial charge in [0.1, 0.15) is 4.83 Å². The number of halogens is 1. The first-order valence-electron chi connectivity index (χ1n) is 5.57. The van der Waals surface area contributed by atoms with E-state index in [-0.39, 0.29) is 0 Å². The van der Waals surface area contributed by atoms with E-state index in [0.717, 1.165) is 0 Å². The van der Waals surface area contributed by atoms with Gasteiger partial charge in [-0.05, 0) is 6.42 Å². The van der Waals surface area contributed by atoms with Crippen molar-refractivity contribution in [1.29, 1.82) is 0 Å². The second kappa shape index (κ2) is 7.16. The van der Waals surface area contributed by atoms with Crippen molar-refractivity contribution in [1.82, 2.24) is 0 Å². The third-order valence-electron chi connectivity index (χ3n) is 2.37. The Bertz CT molecular complexity index is 405. The molecule has 0 radical (unpaired) electrons. The van der Waals surface area contributed by atoms with Crippen molar-refractivity contribution in [3.05, 3.63) is 35.9 Å². The van der Waals surface area contributed by atoms with Crippen molar-refractivity contribution in [2.45, 2.75) is 24.3 Å². The normalized spacial score (nSPS) is 13.5. The Morgan fingerprint density at radius 1 is 1.22 bits per heavy atom. The average Bonchev–Trinajstić information content (AvgIpc) is 2.43. The zero-order chi connectivity index (χ0) is 13.5. The van der Waals surface area contributed by atoms with Gasteiger partial charge in [-0.25, -0.2) is 4.79 Å². The maximum absolute atomic E-state index is 11.7. The van der Waals surface area contributed by atoms with E-state index in [0.29, 0.717) is 12.0 Å². The molecule has 0 heterocycles. The molecule has 0 spiro atoms. The van der Waals surface area contributed by atoms with Gasteiger partial charge in [0.15, 0.2) is 0 Å². The van der Waals surface area contributed by atoms with Crippen molar-refractivity contribution in [3.8, 4) is 0 Å². The molecule has 18 heavy (non-hydrogen) atoms. The fraction of sp³-hybridized carbons (Fsp3) is 0.385. The molecule has 0 amide bonds. The molecule has 98 valence electrons. The molecular weight excluding hydrogens is 300 g/mol. The van der Waals surface area contributed by atoms with Crippen LogP contribution in [-0.4, -0.2) is 23.9 Å². The van der Waals surface area contributed by atoms with Gasteiger partial charge in [0, 0.05) is 5.56 Å². The summed E-state index contributed by atoms with van der Waals surface area (Å²) >= 11 is 3.19. The number of benzene rings is 1. The largest absolute Gasteiger partial charge is 0.466 e. The first-order valence-corrected chi connectivity index (χ1v) is 6.49. The summed E-state index contributed by atoms with van der Waals surface area (Å²) in [6.45, 7) is 1.84. The van der Waals surface area contributed by atoms with E-state index in [1.807, 2.05) is 13.0 Å². The highest BCUT2D eigenvalue weighted by Gasteiger charge is 2.27. The number of alkyl halides is 1. The van der Waals surface area contributed by atoms with Crippen LogP contribution in [0.5, 0.6) is 0 Å². The zero-order valence-electron chi connectivity index (χ0n) is 10.3.